The van der Waals surface area contributed by atoms with Crippen LogP contribution in [0.2, 0.25) is 5.02 Å². The van der Waals surface area contributed by atoms with Crippen LogP contribution in [0.5, 0.6) is 0 Å². The van der Waals surface area contributed by atoms with E-state index in [1.165, 1.54) is 0 Å². The summed E-state index contributed by atoms with van der Waals surface area (Å²) in [6.07, 6.45) is 5.09. The van der Waals surface area contributed by atoms with Gasteiger partial charge in [-0.25, -0.2) is 9.48 Å². The third-order valence-corrected chi connectivity index (χ3v) is 3.35. The lowest BCUT2D eigenvalue weighted by Crippen LogP contribution is -2.28. The van der Waals surface area contributed by atoms with Gasteiger partial charge in [0.2, 0.25) is 0 Å². The van der Waals surface area contributed by atoms with Crippen LogP contribution in [0.1, 0.15) is 5.69 Å². The van der Waals surface area contributed by atoms with Gasteiger partial charge < -0.3 is 10.6 Å². The van der Waals surface area contributed by atoms with Crippen molar-refractivity contribution in [3.63, 3.8) is 0 Å². The number of benzene rings is 1. The Hall–Kier alpha value is -2.93. The lowest BCUT2D eigenvalue weighted by atomic mass is 10.3. The highest BCUT2D eigenvalue weighted by Crippen LogP contribution is 2.20. The number of hydrogen-bond acceptors (Lipinski definition) is 4. The normalized spacial score (nSPS) is 10.3. The second-order valence-corrected chi connectivity index (χ2v) is 5.05. The first-order valence-corrected chi connectivity index (χ1v) is 7.21. The second kappa shape index (κ2) is 6.89. The molecule has 2 heterocycles. The molecule has 3 rings (SSSR count). The Labute approximate surface area is 137 Å². The highest BCUT2D eigenvalue weighted by Gasteiger charge is 2.07. The smallest absolute Gasteiger partial charge is 0.319 e. The fourth-order valence-electron chi connectivity index (χ4n) is 1.90. The van der Waals surface area contributed by atoms with E-state index in [1.807, 2.05) is 12.1 Å². The number of rotatable bonds is 4. The Bertz CT molecular complexity index is 804. The Kier molecular flexibility index (Phi) is 4.49. The van der Waals surface area contributed by atoms with Crippen LogP contribution < -0.4 is 10.6 Å². The van der Waals surface area contributed by atoms with E-state index in [9.17, 15) is 4.79 Å². The quantitative estimate of drug-likeness (QED) is 0.771. The van der Waals surface area contributed by atoms with Crippen LogP contribution in [0.15, 0.2) is 55.0 Å². The van der Waals surface area contributed by atoms with Crippen LogP contribution in [0.4, 0.5) is 10.5 Å². The number of para-hydroxylation sites is 1. The minimum atomic E-state index is -0.364. The molecule has 116 valence electrons. The van der Waals surface area contributed by atoms with Gasteiger partial charge in [0.1, 0.15) is 5.69 Å². The summed E-state index contributed by atoms with van der Waals surface area (Å²) in [4.78, 5) is 15.8. The van der Waals surface area contributed by atoms with Crippen molar-refractivity contribution >= 4 is 23.3 Å². The first-order chi connectivity index (χ1) is 11.2. The number of pyridine rings is 1. The molecule has 0 saturated carbocycles. The van der Waals surface area contributed by atoms with Gasteiger partial charge in [-0.1, -0.05) is 28.9 Å². The summed E-state index contributed by atoms with van der Waals surface area (Å²) in [7, 11) is 0. The van der Waals surface area contributed by atoms with E-state index in [0.717, 1.165) is 5.69 Å². The maximum Gasteiger partial charge on any atom is 0.319 e. The fraction of sp³-hybridized carbons (Fsp3) is 0.0667. The van der Waals surface area contributed by atoms with Crippen LogP contribution in [0, 0.1) is 0 Å². The van der Waals surface area contributed by atoms with E-state index >= 15 is 0 Å². The molecule has 0 atom stereocenters. The van der Waals surface area contributed by atoms with Gasteiger partial charge in [0, 0.05) is 12.4 Å². The zero-order valence-electron chi connectivity index (χ0n) is 12.0. The number of nitrogens with one attached hydrogen (secondary N) is 2. The van der Waals surface area contributed by atoms with Gasteiger partial charge >= 0.3 is 6.03 Å². The summed E-state index contributed by atoms with van der Waals surface area (Å²) < 4.78 is 1.62. The molecular formula is C15H13ClN6O. The maximum atomic E-state index is 11.9. The third-order valence-electron chi connectivity index (χ3n) is 3.02. The molecule has 8 heteroatoms. The van der Waals surface area contributed by atoms with Crippen LogP contribution in [-0.2, 0) is 6.54 Å². The molecule has 0 fully saturated rings. The summed E-state index contributed by atoms with van der Waals surface area (Å²) in [6, 6.07) is 10.3. The summed E-state index contributed by atoms with van der Waals surface area (Å²) in [6.45, 7) is 0.251. The molecule has 1 aromatic carbocycles. The van der Waals surface area contributed by atoms with Gasteiger partial charge in [0.05, 0.1) is 29.1 Å². The predicted octanol–water partition coefficient (Wildman–Crippen LogP) is 2.64. The number of amides is 2. The lowest BCUT2D eigenvalue weighted by molar-refractivity contribution is 0.251. The number of halogens is 1. The van der Waals surface area contributed by atoms with Gasteiger partial charge in [0.15, 0.2) is 0 Å². The molecule has 23 heavy (non-hydrogen) atoms. The van der Waals surface area contributed by atoms with E-state index in [1.54, 1.807) is 47.5 Å². The maximum absolute atomic E-state index is 11.9. The number of anilines is 1. The van der Waals surface area contributed by atoms with Gasteiger partial charge in [-0.3, -0.25) is 4.98 Å². The molecule has 2 amide bonds. The first-order valence-electron chi connectivity index (χ1n) is 6.83. The summed E-state index contributed by atoms with van der Waals surface area (Å²) in [5.74, 6) is 0. The van der Waals surface area contributed by atoms with Crippen LogP contribution in [0.3, 0.4) is 0 Å². The topological polar surface area (TPSA) is 84.7 Å². The van der Waals surface area contributed by atoms with Crippen molar-refractivity contribution in [1.29, 1.82) is 0 Å². The average molecular weight is 329 g/mol. The Morgan fingerprint density at radius 3 is 2.74 bits per heavy atom. The van der Waals surface area contributed by atoms with E-state index in [4.69, 9.17) is 11.6 Å². The Morgan fingerprint density at radius 2 is 1.96 bits per heavy atom. The molecule has 0 aliphatic rings. The molecule has 0 aliphatic heterocycles. The van der Waals surface area contributed by atoms with Gasteiger partial charge in [-0.05, 0) is 24.3 Å². The molecule has 7 nitrogen and oxygen atoms in total. The third kappa shape index (κ3) is 3.83. The summed E-state index contributed by atoms with van der Waals surface area (Å²) >= 11 is 5.98. The van der Waals surface area contributed by atoms with Crippen molar-refractivity contribution in [2.75, 3.05) is 5.32 Å². The predicted molar refractivity (Wildman–Crippen MR) is 86.5 cm³/mol. The number of carbonyl (C=O) groups excluding carboxylic acids is 1. The molecule has 0 saturated heterocycles. The highest BCUT2D eigenvalue weighted by molar-refractivity contribution is 6.33. The van der Waals surface area contributed by atoms with Gasteiger partial charge in [0.25, 0.3) is 0 Å². The number of carbonyl (C=O) groups is 1. The van der Waals surface area contributed by atoms with Gasteiger partial charge in [-0.2, -0.15) is 0 Å². The molecule has 0 spiro atoms. The molecule has 0 unspecified atom stereocenters. The molecular weight excluding hydrogens is 316 g/mol. The summed E-state index contributed by atoms with van der Waals surface area (Å²) in [5.41, 5.74) is 2.03. The molecule has 0 aliphatic carbocycles. The van der Waals surface area contributed by atoms with Crippen molar-refractivity contribution in [2.45, 2.75) is 6.54 Å². The minimum Gasteiger partial charge on any atom is -0.332 e. The molecule has 3 aromatic rings. The number of nitrogens with zero attached hydrogens (tertiary/aromatic N) is 4. The molecule has 0 radical (unpaired) electrons. The molecule has 0 bridgehead atoms. The van der Waals surface area contributed by atoms with Crippen LogP contribution in [-0.4, -0.2) is 26.0 Å². The zero-order chi connectivity index (χ0) is 16.1. The first kappa shape index (κ1) is 15.0. The molecule has 2 aromatic heterocycles. The SMILES string of the molecule is O=C(NCc1cn(-c2ccncc2)nn1)Nc1ccccc1Cl. The van der Waals surface area contributed by atoms with Crippen molar-refractivity contribution in [3.8, 4) is 5.69 Å². The highest BCUT2D eigenvalue weighted by atomic mass is 35.5. The minimum absolute atomic E-state index is 0.251. The largest absolute Gasteiger partial charge is 0.332 e. The van der Waals surface area contributed by atoms with E-state index < -0.39 is 0 Å². The standard InChI is InChI=1S/C15H13ClN6O/c16-13-3-1-2-4-14(13)19-15(23)18-9-11-10-22(21-20-11)12-5-7-17-8-6-12/h1-8,10H,9H2,(H2,18,19,23). The van der Waals surface area contributed by atoms with Crippen molar-refractivity contribution in [1.82, 2.24) is 25.3 Å². The monoisotopic (exact) mass is 328 g/mol. The summed E-state index contributed by atoms with van der Waals surface area (Å²) in [5, 5.41) is 13.9. The van der Waals surface area contributed by atoms with Crippen LogP contribution in [0.25, 0.3) is 5.69 Å². The van der Waals surface area contributed by atoms with E-state index in [2.05, 4.69) is 25.9 Å². The zero-order valence-corrected chi connectivity index (χ0v) is 12.7. The van der Waals surface area contributed by atoms with E-state index in [0.29, 0.717) is 16.4 Å². The fourth-order valence-corrected chi connectivity index (χ4v) is 2.09. The van der Waals surface area contributed by atoms with Gasteiger partial charge in [-0.15, -0.1) is 5.10 Å². The second-order valence-electron chi connectivity index (χ2n) is 4.65. The number of urea groups is 1. The lowest BCUT2D eigenvalue weighted by Gasteiger charge is -2.07. The van der Waals surface area contributed by atoms with Crippen molar-refractivity contribution in [2.24, 2.45) is 0 Å². The van der Waals surface area contributed by atoms with Crippen LogP contribution >= 0.6 is 11.6 Å². The number of aromatic nitrogens is 4. The molecule has 2 N–H and O–H groups in total. The van der Waals surface area contributed by atoms with Crippen molar-refractivity contribution < 1.29 is 4.79 Å². The Balaban J connectivity index is 1.58. The van der Waals surface area contributed by atoms with E-state index in [-0.39, 0.29) is 12.6 Å². The average Bonchev–Trinajstić information content (AvgIpc) is 3.05. The number of hydrogen-bond donors (Lipinski definition) is 2. The van der Waals surface area contributed by atoms with Crippen molar-refractivity contribution in [3.05, 3.63) is 65.7 Å². The Morgan fingerprint density at radius 1 is 1.17 bits per heavy atom.